The van der Waals surface area contributed by atoms with Gasteiger partial charge in [-0.1, -0.05) is 24.8 Å². The van der Waals surface area contributed by atoms with Crippen LogP contribution in [-0.4, -0.2) is 17.2 Å². The summed E-state index contributed by atoms with van der Waals surface area (Å²) >= 11 is 1.66. The van der Waals surface area contributed by atoms with Gasteiger partial charge in [-0.15, -0.1) is 0 Å². The number of para-hydroxylation sites is 2. The Morgan fingerprint density at radius 1 is 1.29 bits per heavy atom. The second kappa shape index (κ2) is 6.93. The molecule has 2 aromatic carbocycles. The standard InChI is InChI=1S/C19H17NO3S/c1-12(2)19(21)23-17-10-13(8-9-14(17)11-24-3)18-20-15-6-4-5-7-16(15)22-18/h4-10H,1,11H2,2-3H3. The SMILES string of the molecule is C=C(C)C(=O)Oc1cc(-c2nc3ccccc3o2)ccc1CSC. The normalized spacial score (nSPS) is 10.8. The minimum absolute atomic E-state index is 0.359. The largest absolute Gasteiger partial charge is 0.436 e. The highest BCUT2D eigenvalue weighted by molar-refractivity contribution is 7.97. The van der Waals surface area contributed by atoms with Crippen LogP contribution in [0.1, 0.15) is 12.5 Å². The molecule has 5 heteroatoms. The molecule has 1 aromatic heterocycles. The van der Waals surface area contributed by atoms with Crippen LogP contribution < -0.4 is 4.74 Å². The molecule has 0 aliphatic carbocycles. The molecule has 0 fully saturated rings. The Balaban J connectivity index is 2.02. The van der Waals surface area contributed by atoms with Crippen molar-refractivity contribution < 1.29 is 13.9 Å². The Morgan fingerprint density at radius 3 is 2.79 bits per heavy atom. The highest BCUT2D eigenvalue weighted by atomic mass is 32.2. The van der Waals surface area contributed by atoms with E-state index < -0.39 is 5.97 Å². The number of rotatable bonds is 5. The minimum Gasteiger partial charge on any atom is -0.436 e. The first-order valence-electron chi connectivity index (χ1n) is 7.44. The molecule has 0 amide bonds. The van der Waals surface area contributed by atoms with Crippen molar-refractivity contribution in [3.8, 4) is 17.2 Å². The highest BCUT2D eigenvalue weighted by Gasteiger charge is 2.14. The topological polar surface area (TPSA) is 52.3 Å². The molecule has 0 unspecified atom stereocenters. The average molecular weight is 339 g/mol. The number of fused-ring (bicyclic) bond motifs is 1. The highest BCUT2D eigenvalue weighted by Crippen LogP contribution is 2.31. The zero-order chi connectivity index (χ0) is 17.1. The number of hydrogen-bond donors (Lipinski definition) is 0. The molecule has 3 rings (SSSR count). The van der Waals surface area contributed by atoms with Gasteiger partial charge in [0, 0.05) is 22.5 Å². The Kier molecular flexibility index (Phi) is 4.71. The maximum absolute atomic E-state index is 11.9. The number of benzene rings is 2. The van der Waals surface area contributed by atoms with Gasteiger partial charge in [0.25, 0.3) is 0 Å². The van der Waals surface area contributed by atoms with Crippen LogP contribution >= 0.6 is 11.8 Å². The Labute approximate surface area is 144 Å². The third-order valence-corrected chi connectivity index (χ3v) is 4.06. The van der Waals surface area contributed by atoms with Crippen molar-refractivity contribution in [1.29, 1.82) is 0 Å². The summed E-state index contributed by atoms with van der Waals surface area (Å²) < 4.78 is 11.3. The van der Waals surface area contributed by atoms with Crippen molar-refractivity contribution >= 4 is 28.8 Å². The van der Waals surface area contributed by atoms with Gasteiger partial charge in [0.05, 0.1) is 0 Å². The van der Waals surface area contributed by atoms with Crippen LogP contribution in [0.15, 0.2) is 59.0 Å². The lowest BCUT2D eigenvalue weighted by Crippen LogP contribution is -2.09. The van der Waals surface area contributed by atoms with Crippen LogP contribution in [0.4, 0.5) is 0 Å². The molecule has 122 valence electrons. The molecule has 0 spiro atoms. The maximum atomic E-state index is 11.9. The van der Waals surface area contributed by atoms with E-state index in [1.165, 1.54) is 0 Å². The van der Waals surface area contributed by atoms with E-state index in [0.717, 1.165) is 28.0 Å². The lowest BCUT2D eigenvalue weighted by molar-refractivity contribution is -0.130. The number of carbonyl (C=O) groups excluding carboxylic acids is 1. The zero-order valence-electron chi connectivity index (χ0n) is 13.5. The van der Waals surface area contributed by atoms with Crippen LogP contribution in [0.3, 0.4) is 0 Å². The molecule has 24 heavy (non-hydrogen) atoms. The molecule has 0 atom stereocenters. The third kappa shape index (κ3) is 3.36. The van der Waals surface area contributed by atoms with E-state index >= 15 is 0 Å². The van der Waals surface area contributed by atoms with Crippen LogP contribution in [-0.2, 0) is 10.5 Å². The number of nitrogens with zero attached hydrogens (tertiary/aromatic N) is 1. The molecule has 0 N–H and O–H groups in total. The lowest BCUT2D eigenvalue weighted by atomic mass is 10.1. The molecule has 1 heterocycles. The molecular formula is C19H17NO3S. The third-order valence-electron chi connectivity index (χ3n) is 3.46. The average Bonchev–Trinajstić information content (AvgIpc) is 3.00. The number of oxazole rings is 1. The summed E-state index contributed by atoms with van der Waals surface area (Å²) in [7, 11) is 0. The molecule has 0 saturated carbocycles. The van der Waals surface area contributed by atoms with Crippen molar-refractivity contribution in [1.82, 2.24) is 4.98 Å². The Hall–Kier alpha value is -2.53. The first-order chi connectivity index (χ1) is 11.6. The minimum atomic E-state index is -0.438. The predicted molar refractivity (Wildman–Crippen MR) is 97.1 cm³/mol. The molecule has 0 bridgehead atoms. The second-order valence-electron chi connectivity index (χ2n) is 5.41. The molecule has 0 radical (unpaired) electrons. The summed E-state index contributed by atoms with van der Waals surface area (Å²) in [5, 5.41) is 0. The zero-order valence-corrected chi connectivity index (χ0v) is 14.4. The van der Waals surface area contributed by atoms with Gasteiger partial charge in [-0.3, -0.25) is 0 Å². The van der Waals surface area contributed by atoms with Crippen molar-refractivity contribution in [2.24, 2.45) is 0 Å². The summed E-state index contributed by atoms with van der Waals surface area (Å²) in [6, 6.07) is 13.2. The Bertz CT molecular complexity index is 881. The quantitative estimate of drug-likeness (QED) is 0.378. The Morgan fingerprint density at radius 2 is 2.08 bits per heavy atom. The smallest absolute Gasteiger partial charge is 0.338 e. The van der Waals surface area contributed by atoms with Gasteiger partial charge in [-0.2, -0.15) is 11.8 Å². The van der Waals surface area contributed by atoms with Crippen molar-refractivity contribution in [3.63, 3.8) is 0 Å². The van der Waals surface area contributed by atoms with E-state index in [4.69, 9.17) is 9.15 Å². The lowest BCUT2D eigenvalue weighted by Gasteiger charge is -2.10. The summed E-state index contributed by atoms with van der Waals surface area (Å²) in [6.07, 6.45) is 2.00. The van der Waals surface area contributed by atoms with Crippen LogP contribution in [0.25, 0.3) is 22.6 Å². The fourth-order valence-electron chi connectivity index (χ4n) is 2.24. The number of carbonyl (C=O) groups is 1. The first-order valence-corrected chi connectivity index (χ1v) is 8.83. The van der Waals surface area contributed by atoms with Crippen molar-refractivity contribution in [3.05, 3.63) is 60.2 Å². The van der Waals surface area contributed by atoms with Gasteiger partial charge in [0.1, 0.15) is 11.3 Å². The van der Waals surface area contributed by atoms with Gasteiger partial charge >= 0.3 is 5.97 Å². The molecule has 3 aromatic rings. The predicted octanol–water partition coefficient (Wildman–Crippen LogP) is 4.84. The number of esters is 1. The van der Waals surface area contributed by atoms with Gasteiger partial charge in [-0.25, -0.2) is 9.78 Å². The molecule has 0 saturated heterocycles. The van der Waals surface area contributed by atoms with Crippen LogP contribution in [0.5, 0.6) is 5.75 Å². The van der Waals surface area contributed by atoms with Crippen molar-refractivity contribution in [2.45, 2.75) is 12.7 Å². The van der Waals surface area contributed by atoms with Crippen LogP contribution in [0.2, 0.25) is 0 Å². The van der Waals surface area contributed by atoms with Crippen LogP contribution in [0, 0.1) is 0 Å². The number of thioether (sulfide) groups is 1. The van der Waals surface area contributed by atoms with Gasteiger partial charge in [0.2, 0.25) is 5.89 Å². The summed E-state index contributed by atoms with van der Waals surface area (Å²) in [6.45, 7) is 5.25. The summed E-state index contributed by atoms with van der Waals surface area (Å²) in [4.78, 5) is 16.4. The monoisotopic (exact) mass is 339 g/mol. The second-order valence-corrected chi connectivity index (χ2v) is 6.28. The van der Waals surface area contributed by atoms with E-state index in [9.17, 15) is 4.79 Å². The molecule has 4 nitrogen and oxygen atoms in total. The maximum Gasteiger partial charge on any atom is 0.338 e. The van der Waals surface area contributed by atoms with E-state index in [0.29, 0.717) is 17.2 Å². The van der Waals surface area contributed by atoms with Gasteiger partial charge in [-0.05, 0) is 37.4 Å². The van der Waals surface area contributed by atoms with Gasteiger partial charge < -0.3 is 9.15 Å². The van der Waals surface area contributed by atoms with E-state index in [1.54, 1.807) is 24.8 Å². The molecule has 0 aliphatic heterocycles. The number of aromatic nitrogens is 1. The summed E-state index contributed by atoms with van der Waals surface area (Å²) in [5.74, 6) is 1.32. The molecule has 0 aliphatic rings. The molecular weight excluding hydrogens is 322 g/mol. The fourth-order valence-corrected chi connectivity index (χ4v) is 2.79. The van der Waals surface area contributed by atoms with Gasteiger partial charge in [0.15, 0.2) is 5.58 Å². The number of ether oxygens (including phenoxy) is 1. The van der Waals surface area contributed by atoms with E-state index in [-0.39, 0.29) is 0 Å². The summed E-state index contributed by atoms with van der Waals surface area (Å²) in [5.41, 5.74) is 3.58. The van der Waals surface area contributed by atoms with E-state index in [1.807, 2.05) is 42.7 Å². The number of hydrogen-bond acceptors (Lipinski definition) is 5. The van der Waals surface area contributed by atoms with Crippen molar-refractivity contribution in [2.75, 3.05) is 6.26 Å². The first kappa shape index (κ1) is 16.3. The fraction of sp³-hybridized carbons (Fsp3) is 0.158. The van der Waals surface area contributed by atoms with E-state index in [2.05, 4.69) is 11.6 Å².